The van der Waals surface area contributed by atoms with Crippen LogP contribution in [0.1, 0.15) is 111 Å². The number of carbonyl (C=O) groups is 4. The monoisotopic (exact) mass is 896 g/mol. The van der Waals surface area contributed by atoms with Crippen LogP contribution in [-0.2, 0) is 53.0 Å². The van der Waals surface area contributed by atoms with Crippen LogP contribution in [-0.4, -0.2) is 165 Å². The summed E-state index contributed by atoms with van der Waals surface area (Å²) in [4.78, 5) is 51.5. The van der Waals surface area contributed by atoms with Gasteiger partial charge in [0, 0.05) is 32.2 Å². The van der Waals surface area contributed by atoms with Gasteiger partial charge < -0.3 is 65.0 Å². The molecule has 0 aromatic carbocycles. The van der Waals surface area contributed by atoms with Crippen LogP contribution in [0.15, 0.2) is 0 Å². The van der Waals surface area contributed by atoms with Crippen molar-refractivity contribution in [1.29, 1.82) is 0 Å². The molecule has 4 aliphatic rings. The van der Waals surface area contributed by atoms with Crippen molar-refractivity contribution in [1.82, 2.24) is 10.6 Å². The summed E-state index contributed by atoms with van der Waals surface area (Å²) in [7, 11) is -4.42. The van der Waals surface area contributed by atoms with Crippen molar-refractivity contribution < 1.29 is 86.5 Å². The molecule has 2 aliphatic heterocycles. The van der Waals surface area contributed by atoms with Crippen molar-refractivity contribution in [2.24, 2.45) is 17.8 Å². The topological polar surface area (TPSA) is 314 Å². The predicted octanol–water partition coefficient (Wildman–Crippen LogP) is -0.0659. The quantitative estimate of drug-likeness (QED) is 0.0538. The number of Topliss-reactive ketones (excluding diaryl/α,β-unsaturated/α-hetero) is 1. The van der Waals surface area contributed by atoms with Crippen LogP contribution in [0.4, 0.5) is 0 Å². The highest BCUT2D eigenvalue weighted by Crippen LogP contribution is 2.40. The van der Waals surface area contributed by atoms with Crippen LogP contribution in [0, 0.1) is 17.8 Å². The highest BCUT2D eigenvalue weighted by atomic mass is 32.2. The highest BCUT2D eigenvalue weighted by molar-refractivity contribution is 7.86. The standard InChI is InChI=1S/C40H68N2O18S/c1-5-23-16-24(26(45)13-10-14-41-30(46)18-25(6-2)61(53,54)55)17-27(36(23)60-40-35(50)34(49)32(47)20(3)56-40)58-39-31(42-21(4)44)37(33(48)29(19-43)59-39)57-28(38(51)52)15-22-11-8-7-9-12-22/h20,22-25,27-29,31-37,39-40,43,47-50H,5-19H2,1-4H3,(H,41,46)(H,42,44)(H,51,52)(H,53,54,55)/t20?,23-,24?,25?,27-,28+,29+,31?,32-,33+,34+,35?,36?,37?,39-,40+/m1/s1. The predicted molar refractivity (Wildman–Crippen MR) is 213 cm³/mol. The zero-order valence-corrected chi connectivity index (χ0v) is 36.3. The largest absolute Gasteiger partial charge is 0.479 e. The van der Waals surface area contributed by atoms with Crippen molar-refractivity contribution in [2.75, 3.05) is 13.2 Å². The van der Waals surface area contributed by atoms with Gasteiger partial charge in [-0.25, -0.2) is 4.79 Å². The molecule has 2 heterocycles. The number of aliphatic hydroxyl groups excluding tert-OH is 5. The van der Waals surface area contributed by atoms with E-state index in [1.54, 1.807) is 0 Å². The van der Waals surface area contributed by atoms with Gasteiger partial charge in [-0.15, -0.1) is 0 Å². The number of ketones is 1. The lowest BCUT2D eigenvalue weighted by Crippen LogP contribution is -2.67. The number of hydrogen-bond donors (Lipinski definition) is 9. The SMILES string of the molecule is CCC(CC(=O)NCCCC(=O)C1C[C@@H](CC)C(O[C@@H]2OC(C)[C@@H](O)[C@H](O)C2O)[C@H](O[C@@H]2O[C@@H](CO)[C@H](O)C(O[C@@H](CC3CCCCC3)C(=O)O)C2NC(C)=O)C1)S(=O)(=O)O. The van der Waals surface area contributed by atoms with Crippen molar-refractivity contribution >= 4 is 33.7 Å². The van der Waals surface area contributed by atoms with Crippen molar-refractivity contribution in [3.8, 4) is 0 Å². The molecule has 4 fully saturated rings. The van der Waals surface area contributed by atoms with Gasteiger partial charge in [0.05, 0.1) is 30.2 Å². The lowest BCUT2D eigenvalue weighted by atomic mass is 9.74. The minimum absolute atomic E-state index is 0.00187. The van der Waals surface area contributed by atoms with E-state index in [0.717, 1.165) is 32.1 Å². The fraction of sp³-hybridized carbons (Fsp3) is 0.900. The molecule has 0 radical (unpaired) electrons. The third kappa shape index (κ3) is 14.0. The summed E-state index contributed by atoms with van der Waals surface area (Å²) in [5, 5.41) is 67.9. The number of carboxylic acid groups (broad SMARTS) is 1. The van der Waals surface area contributed by atoms with E-state index in [1.165, 1.54) is 20.8 Å². The number of aliphatic carboxylic acids is 1. The van der Waals surface area contributed by atoms with E-state index in [9.17, 15) is 62.8 Å². The van der Waals surface area contributed by atoms with Crippen LogP contribution in [0.2, 0.25) is 0 Å². The van der Waals surface area contributed by atoms with Crippen LogP contribution in [0.25, 0.3) is 0 Å². The molecule has 7 unspecified atom stereocenters. The maximum atomic E-state index is 13.8. The molecule has 0 bridgehead atoms. The number of aliphatic hydroxyl groups is 5. The second-order valence-corrected chi connectivity index (χ2v) is 18.8. The van der Waals surface area contributed by atoms with E-state index < -0.39 is 138 Å². The Labute approximate surface area is 357 Å². The van der Waals surface area contributed by atoms with Crippen LogP contribution in [0.3, 0.4) is 0 Å². The Bertz CT molecular complexity index is 1550. The van der Waals surface area contributed by atoms with Crippen molar-refractivity contribution in [3.63, 3.8) is 0 Å². The average Bonchev–Trinajstić information content (AvgIpc) is 3.21. The van der Waals surface area contributed by atoms with Crippen LogP contribution < -0.4 is 10.6 Å². The first-order chi connectivity index (χ1) is 28.8. The third-order valence-electron chi connectivity index (χ3n) is 12.6. The van der Waals surface area contributed by atoms with Crippen molar-refractivity contribution in [2.45, 2.75) is 196 Å². The Morgan fingerprint density at radius 1 is 0.885 bits per heavy atom. The molecule has 0 spiro atoms. The number of carbonyl (C=O) groups excluding carboxylic acids is 3. The van der Waals surface area contributed by atoms with Gasteiger partial charge in [0.25, 0.3) is 10.1 Å². The molecule has 2 saturated carbocycles. The molecular formula is C40H68N2O18S. The normalized spacial score (nSPS) is 36.1. The van der Waals surface area contributed by atoms with E-state index >= 15 is 0 Å². The summed E-state index contributed by atoms with van der Waals surface area (Å²) in [5.41, 5.74) is 0. The van der Waals surface area contributed by atoms with E-state index in [2.05, 4.69) is 10.6 Å². The molecule has 9 N–H and O–H groups in total. The third-order valence-corrected chi connectivity index (χ3v) is 14.0. The zero-order valence-electron chi connectivity index (χ0n) is 35.5. The van der Waals surface area contributed by atoms with Gasteiger partial charge in [0.2, 0.25) is 11.8 Å². The number of ether oxygens (including phenoxy) is 5. The van der Waals surface area contributed by atoms with Gasteiger partial charge in [-0.2, -0.15) is 8.42 Å². The first-order valence-corrected chi connectivity index (χ1v) is 23.2. The molecule has 61 heavy (non-hydrogen) atoms. The summed E-state index contributed by atoms with van der Waals surface area (Å²) in [6.07, 6.45) is -11.4. The molecule has 16 atom stereocenters. The van der Waals surface area contributed by atoms with Gasteiger partial charge in [-0.05, 0) is 50.9 Å². The maximum Gasteiger partial charge on any atom is 0.332 e. The average molecular weight is 897 g/mol. The Kier molecular flexibility index (Phi) is 19.7. The zero-order chi connectivity index (χ0) is 45.2. The Morgan fingerprint density at radius 2 is 1.57 bits per heavy atom. The van der Waals surface area contributed by atoms with Gasteiger partial charge in [0.15, 0.2) is 18.7 Å². The highest BCUT2D eigenvalue weighted by Gasteiger charge is 2.53. The number of nitrogens with one attached hydrogen (secondary N) is 2. The number of hydrogen-bond acceptors (Lipinski definition) is 16. The molecular weight excluding hydrogens is 829 g/mol. The van der Waals surface area contributed by atoms with Crippen LogP contribution in [0.5, 0.6) is 0 Å². The molecule has 2 aliphatic carbocycles. The van der Waals surface area contributed by atoms with Gasteiger partial charge >= 0.3 is 5.97 Å². The van der Waals surface area contributed by atoms with E-state index in [0.29, 0.717) is 6.42 Å². The number of amides is 2. The van der Waals surface area contributed by atoms with E-state index in [1.807, 2.05) is 6.92 Å². The Balaban J connectivity index is 1.60. The van der Waals surface area contributed by atoms with Crippen molar-refractivity contribution in [3.05, 3.63) is 0 Å². The summed E-state index contributed by atoms with van der Waals surface area (Å²) < 4.78 is 63.4. The van der Waals surface area contributed by atoms with E-state index in [4.69, 9.17) is 23.7 Å². The molecule has 4 rings (SSSR count). The second kappa shape index (κ2) is 23.5. The molecule has 20 nitrogen and oxygen atoms in total. The molecule has 0 aromatic heterocycles. The fourth-order valence-electron chi connectivity index (χ4n) is 9.06. The molecule has 352 valence electrons. The van der Waals surface area contributed by atoms with E-state index in [-0.39, 0.29) is 56.8 Å². The fourth-order valence-corrected chi connectivity index (χ4v) is 9.84. The van der Waals surface area contributed by atoms with Gasteiger partial charge in [0.1, 0.15) is 48.4 Å². The van der Waals surface area contributed by atoms with Gasteiger partial charge in [-0.3, -0.25) is 18.9 Å². The summed E-state index contributed by atoms with van der Waals surface area (Å²) in [5.74, 6) is -3.75. The lowest BCUT2D eigenvalue weighted by Gasteiger charge is -2.49. The first-order valence-electron chi connectivity index (χ1n) is 21.6. The number of carboxylic acids is 1. The maximum absolute atomic E-state index is 13.8. The molecule has 2 amide bonds. The minimum atomic E-state index is -4.42. The number of rotatable bonds is 21. The van der Waals surface area contributed by atoms with Crippen LogP contribution >= 0.6 is 0 Å². The molecule has 21 heteroatoms. The minimum Gasteiger partial charge on any atom is -0.479 e. The Morgan fingerprint density at radius 3 is 2.16 bits per heavy atom. The molecule has 0 aromatic rings. The first kappa shape index (κ1) is 51.2. The second-order valence-electron chi connectivity index (χ2n) is 17.1. The lowest BCUT2D eigenvalue weighted by molar-refractivity contribution is -0.338. The smallest absolute Gasteiger partial charge is 0.332 e. The van der Waals surface area contributed by atoms with Gasteiger partial charge in [-0.1, -0.05) is 52.4 Å². The molecule has 2 saturated heterocycles. The summed E-state index contributed by atoms with van der Waals surface area (Å²) in [6, 6.07) is -1.34. The summed E-state index contributed by atoms with van der Waals surface area (Å²) >= 11 is 0. The summed E-state index contributed by atoms with van der Waals surface area (Å²) in [6.45, 7) is 5.35. The Hall–Kier alpha value is -2.41.